The van der Waals surface area contributed by atoms with Crippen LogP contribution in [0.4, 0.5) is 5.69 Å². The molecule has 4 nitrogen and oxygen atoms in total. The summed E-state index contributed by atoms with van der Waals surface area (Å²) in [5.74, 6) is 1.20. The van der Waals surface area contributed by atoms with Crippen molar-refractivity contribution in [3.63, 3.8) is 0 Å². The zero-order valence-electron chi connectivity index (χ0n) is 12.1. The fourth-order valence-electron chi connectivity index (χ4n) is 2.45. The number of nitrogens with two attached hydrogens (primary N) is 1. The zero-order valence-corrected chi connectivity index (χ0v) is 13.8. The maximum absolute atomic E-state index is 11.6. The lowest BCUT2D eigenvalue weighted by atomic mass is 10.0. The van der Waals surface area contributed by atoms with Crippen LogP contribution in [-0.4, -0.2) is 25.5 Å². The van der Waals surface area contributed by atoms with E-state index >= 15 is 0 Å². The number of rotatable bonds is 3. The molecule has 3 N–H and O–H groups in total. The Morgan fingerprint density at radius 1 is 1.35 bits per heavy atom. The lowest BCUT2D eigenvalue weighted by Crippen LogP contribution is -2.33. The van der Waals surface area contributed by atoms with E-state index in [2.05, 4.69) is 12.2 Å². The third-order valence-corrected chi connectivity index (χ3v) is 6.19. The van der Waals surface area contributed by atoms with Crippen molar-refractivity contribution in [2.45, 2.75) is 49.8 Å². The highest BCUT2D eigenvalue weighted by atomic mass is 32.2. The summed E-state index contributed by atoms with van der Waals surface area (Å²) in [6.45, 7) is 6.13. The fraction of sp³-hybridized carbons (Fsp3) is 0.571. The molecule has 0 spiro atoms. The van der Waals surface area contributed by atoms with Crippen LogP contribution in [0.25, 0.3) is 0 Å². The summed E-state index contributed by atoms with van der Waals surface area (Å²) in [7, 11) is -3.66. The molecule has 6 heteroatoms. The minimum absolute atomic E-state index is 0.180. The van der Waals surface area contributed by atoms with Gasteiger partial charge in [-0.2, -0.15) is 11.8 Å². The standard InChI is InChI=1S/C14H22N2O2S2/c1-9-7-12(20(15,17)18)8-14(10(9)2)16-13-5-4-6-19-11(13)3/h7-8,11,13,16H,4-6H2,1-3H3,(H2,15,17,18). The number of anilines is 1. The summed E-state index contributed by atoms with van der Waals surface area (Å²) in [6.07, 6.45) is 2.31. The van der Waals surface area contributed by atoms with Crippen molar-refractivity contribution >= 4 is 27.5 Å². The van der Waals surface area contributed by atoms with Crippen LogP contribution in [0.1, 0.15) is 30.9 Å². The number of nitrogens with one attached hydrogen (secondary N) is 1. The topological polar surface area (TPSA) is 72.2 Å². The van der Waals surface area contributed by atoms with Gasteiger partial charge in [-0.1, -0.05) is 6.92 Å². The van der Waals surface area contributed by atoms with Crippen LogP contribution in [0.3, 0.4) is 0 Å². The first-order valence-electron chi connectivity index (χ1n) is 6.81. The van der Waals surface area contributed by atoms with Gasteiger partial charge in [-0.15, -0.1) is 0 Å². The molecule has 0 aliphatic carbocycles. The number of sulfonamides is 1. The second-order valence-corrected chi connectivity index (χ2v) is 8.47. The molecule has 1 heterocycles. The lowest BCUT2D eigenvalue weighted by Gasteiger charge is -2.31. The number of hydrogen-bond donors (Lipinski definition) is 2. The first-order valence-corrected chi connectivity index (χ1v) is 9.40. The van der Waals surface area contributed by atoms with Crippen LogP contribution in [0.2, 0.25) is 0 Å². The maximum atomic E-state index is 11.6. The molecular formula is C14H22N2O2S2. The van der Waals surface area contributed by atoms with Crippen LogP contribution in [0.5, 0.6) is 0 Å². The van der Waals surface area contributed by atoms with E-state index in [4.69, 9.17) is 5.14 Å². The Morgan fingerprint density at radius 3 is 2.65 bits per heavy atom. The normalized spacial score (nSPS) is 23.6. The molecule has 0 saturated carbocycles. The summed E-state index contributed by atoms with van der Waals surface area (Å²) in [6, 6.07) is 3.67. The molecule has 2 unspecified atom stereocenters. The molecule has 1 aliphatic rings. The Hall–Kier alpha value is -0.720. The van der Waals surface area contributed by atoms with Crippen molar-refractivity contribution in [2.75, 3.05) is 11.1 Å². The Kier molecular flexibility index (Phi) is 4.66. The molecule has 1 aromatic carbocycles. The quantitative estimate of drug-likeness (QED) is 0.899. The molecule has 2 atom stereocenters. The van der Waals surface area contributed by atoms with E-state index in [0.29, 0.717) is 11.3 Å². The van der Waals surface area contributed by atoms with E-state index < -0.39 is 10.0 Å². The second kappa shape index (κ2) is 5.95. The Labute approximate surface area is 125 Å². The van der Waals surface area contributed by atoms with Crippen LogP contribution < -0.4 is 10.5 Å². The van der Waals surface area contributed by atoms with E-state index in [1.807, 2.05) is 25.6 Å². The molecule has 0 aromatic heterocycles. The third-order valence-electron chi connectivity index (χ3n) is 3.92. The first kappa shape index (κ1) is 15.7. The Balaban J connectivity index is 2.33. The third kappa shape index (κ3) is 3.48. The largest absolute Gasteiger partial charge is 0.381 e. The zero-order chi connectivity index (χ0) is 14.9. The molecular weight excluding hydrogens is 292 g/mol. The predicted octanol–water partition coefficient (Wildman–Crippen LogP) is 2.65. The van der Waals surface area contributed by atoms with Crippen LogP contribution >= 0.6 is 11.8 Å². The molecule has 2 rings (SSSR count). The van der Waals surface area contributed by atoms with Crippen molar-refractivity contribution in [3.05, 3.63) is 23.3 Å². The van der Waals surface area contributed by atoms with Gasteiger partial charge in [0.2, 0.25) is 10.0 Å². The van der Waals surface area contributed by atoms with Gasteiger partial charge < -0.3 is 5.32 Å². The lowest BCUT2D eigenvalue weighted by molar-refractivity contribution is 0.597. The van der Waals surface area contributed by atoms with Gasteiger partial charge >= 0.3 is 0 Å². The van der Waals surface area contributed by atoms with Crippen molar-refractivity contribution in [2.24, 2.45) is 5.14 Å². The minimum atomic E-state index is -3.66. The minimum Gasteiger partial charge on any atom is -0.381 e. The van der Waals surface area contributed by atoms with Crippen LogP contribution in [0, 0.1) is 13.8 Å². The molecule has 112 valence electrons. The van der Waals surface area contributed by atoms with E-state index in [0.717, 1.165) is 23.2 Å². The number of aryl methyl sites for hydroxylation is 1. The second-order valence-electron chi connectivity index (χ2n) is 5.43. The molecule has 20 heavy (non-hydrogen) atoms. The van der Waals surface area contributed by atoms with Gasteiger partial charge in [-0.05, 0) is 55.7 Å². The average Bonchev–Trinajstić information content (AvgIpc) is 2.36. The number of thioether (sulfide) groups is 1. The van der Waals surface area contributed by atoms with Crippen molar-refractivity contribution < 1.29 is 8.42 Å². The number of hydrogen-bond acceptors (Lipinski definition) is 4. The van der Waals surface area contributed by atoms with Crippen molar-refractivity contribution in [1.82, 2.24) is 0 Å². The fourth-order valence-corrected chi connectivity index (χ4v) is 4.22. The SMILES string of the molecule is Cc1cc(S(N)(=O)=O)cc(NC2CCCSC2C)c1C. The van der Waals surface area contributed by atoms with Gasteiger partial charge in [0.1, 0.15) is 0 Å². The molecule has 0 amide bonds. The van der Waals surface area contributed by atoms with Crippen molar-refractivity contribution in [1.29, 1.82) is 0 Å². The highest BCUT2D eigenvalue weighted by molar-refractivity contribution is 8.00. The molecule has 0 bridgehead atoms. The number of primary sulfonamides is 1. The van der Waals surface area contributed by atoms with E-state index in [1.165, 1.54) is 12.2 Å². The van der Waals surface area contributed by atoms with Gasteiger partial charge in [-0.3, -0.25) is 0 Å². The van der Waals surface area contributed by atoms with E-state index in [9.17, 15) is 8.42 Å². The van der Waals surface area contributed by atoms with Gasteiger partial charge in [0, 0.05) is 17.0 Å². The highest BCUT2D eigenvalue weighted by Gasteiger charge is 2.23. The Bertz CT molecular complexity index is 599. The summed E-state index contributed by atoms with van der Waals surface area (Å²) >= 11 is 1.96. The molecule has 1 saturated heterocycles. The average molecular weight is 314 g/mol. The summed E-state index contributed by atoms with van der Waals surface area (Å²) in [5, 5.41) is 9.29. The number of benzene rings is 1. The van der Waals surface area contributed by atoms with E-state index in [1.54, 1.807) is 12.1 Å². The van der Waals surface area contributed by atoms with E-state index in [-0.39, 0.29) is 4.90 Å². The monoisotopic (exact) mass is 314 g/mol. The van der Waals surface area contributed by atoms with Crippen molar-refractivity contribution in [3.8, 4) is 0 Å². The first-order chi connectivity index (χ1) is 9.29. The molecule has 0 radical (unpaired) electrons. The molecule has 1 fully saturated rings. The van der Waals surface area contributed by atoms with Crippen LogP contribution in [0.15, 0.2) is 17.0 Å². The van der Waals surface area contributed by atoms with Gasteiger partial charge in [-0.25, -0.2) is 13.6 Å². The summed E-state index contributed by atoms with van der Waals surface area (Å²) in [4.78, 5) is 0.180. The maximum Gasteiger partial charge on any atom is 0.238 e. The smallest absolute Gasteiger partial charge is 0.238 e. The summed E-state index contributed by atoms with van der Waals surface area (Å²) < 4.78 is 23.1. The summed E-state index contributed by atoms with van der Waals surface area (Å²) in [5.41, 5.74) is 2.91. The van der Waals surface area contributed by atoms with Crippen LogP contribution in [-0.2, 0) is 10.0 Å². The molecule has 1 aromatic rings. The van der Waals surface area contributed by atoms with Gasteiger partial charge in [0.25, 0.3) is 0 Å². The molecule has 1 aliphatic heterocycles. The predicted molar refractivity (Wildman–Crippen MR) is 85.9 cm³/mol. The highest BCUT2D eigenvalue weighted by Crippen LogP contribution is 2.30. The Morgan fingerprint density at radius 2 is 2.05 bits per heavy atom. The van der Waals surface area contributed by atoms with Gasteiger partial charge in [0.05, 0.1) is 4.90 Å². The van der Waals surface area contributed by atoms with Gasteiger partial charge in [0.15, 0.2) is 0 Å².